The van der Waals surface area contributed by atoms with Gasteiger partial charge in [-0.05, 0) is 39.0 Å². The number of aliphatic carboxylic acids is 1. The van der Waals surface area contributed by atoms with Gasteiger partial charge in [-0.25, -0.2) is 0 Å². The number of fused-ring (bicyclic) bond motifs is 1. The number of aromatic nitrogens is 2. The molecule has 0 aliphatic carbocycles. The number of carboxylic acids is 1. The van der Waals surface area contributed by atoms with E-state index in [1.807, 2.05) is 39.1 Å². The molecule has 1 N–H and O–H groups in total. The molecule has 126 valence electrons. The molecular formula is C18H20N2O4. The number of benzene rings is 1. The Kier molecular flexibility index (Phi) is 4.05. The van der Waals surface area contributed by atoms with Gasteiger partial charge in [0.05, 0.1) is 23.6 Å². The number of carboxylic acid groups (broad SMARTS) is 1. The molecule has 0 aliphatic heterocycles. The molecule has 3 rings (SSSR count). The van der Waals surface area contributed by atoms with Gasteiger partial charge < -0.3 is 14.3 Å². The first-order valence-corrected chi connectivity index (χ1v) is 7.74. The Morgan fingerprint density at radius 3 is 2.79 bits per heavy atom. The fraction of sp³-hybridized carbons (Fsp3) is 0.333. The standard InChI is InChI=1S/C18H20N2O4/c1-10-7-13(20(4)19-10)8-23-16-6-5-14-15(11(2)18(21)22)9-24-17(14)12(16)3/h5-7,9,11H,8H2,1-4H3,(H,21,22). The van der Waals surface area contributed by atoms with Gasteiger partial charge in [0.25, 0.3) is 0 Å². The zero-order valence-electron chi connectivity index (χ0n) is 14.2. The van der Waals surface area contributed by atoms with Crippen LogP contribution in [0.1, 0.15) is 35.4 Å². The summed E-state index contributed by atoms with van der Waals surface area (Å²) in [5, 5.41) is 14.3. The van der Waals surface area contributed by atoms with Crippen LogP contribution in [0.4, 0.5) is 0 Å². The monoisotopic (exact) mass is 328 g/mol. The summed E-state index contributed by atoms with van der Waals surface area (Å²) in [4.78, 5) is 11.2. The van der Waals surface area contributed by atoms with E-state index in [9.17, 15) is 9.90 Å². The minimum atomic E-state index is -0.873. The fourth-order valence-corrected chi connectivity index (χ4v) is 2.81. The van der Waals surface area contributed by atoms with Crippen molar-refractivity contribution in [2.24, 2.45) is 7.05 Å². The maximum atomic E-state index is 11.2. The number of hydrogen-bond donors (Lipinski definition) is 1. The van der Waals surface area contributed by atoms with Crippen LogP contribution < -0.4 is 4.74 Å². The third kappa shape index (κ3) is 2.75. The molecule has 2 aromatic heterocycles. The Bertz CT molecular complexity index is 907. The van der Waals surface area contributed by atoms with E-state index in [-0.39, 0.29) is 0 Å². The van der Waals surface area contributed by atoms with Crippen LogP contribution in [0.15, 0.2) is 28.9 Å². The van der Waals surface area contributed by atoms with Crippen molar-refractivity contribution in [3.63, 3.8) is 0 Å². The summed E-state index contributed by atoms with van der Waals surface area (Å²) in [6.45, 7) is 5.90. The molecular weight excluding hydrogens is 308 g/mol. The van der Waals surface area contributed by atoms with E-state index in [1.54, 1.807) is 11.6 Å². The first-order chi connectivity index (χ1) is 11.4. The van der Waals surface area contributed by atoms with Crippen LogP contribution in [-0.2, 0) is 18.4 Å². The lowest BCUT2D eigenvalue weighted by Gasteiger charge is -2.10. The molecule has 1 atom stereocenters. The molecule has 3 aromatic rings. The largest absolute Gasteiger partial charge is 0.487 e. The van der Waals surface area contributed by atoms with Gasteiger partial charge in [0.15, 0.2) is 0 Å². The fourth-order valence-electron chi connectivity index (χ4n) is 2.81. The van der Waals surface area contributed by atoms with Gasteiger partial charge in [-0.3, -0.25) is 9.48 Å². The molecule has 6 heteroatoms. The van der Waals surface area contributed by atoms with Crippen molar-refractivity contribution in [2.75, 3.05) is 0 Å². The van der Waals surface area contributed by atoms with Crippen LogP contribution >= 0.6 is 0 Å². The maximum Gasteiger partial charge on any atom is 0.310 e. The Hall–Kier alpha value is -2.76. The Morgan fingerprint density at radius 2 is 2.17 bits per heavy atom. The summed E-state index contributed by atoms with van der Waals surface area (Å²) in [6, 6.07) is 5.69. The number of carbonyl (C=O) groups is 1. The first kappa shape index (κ1) is 16.1. The average Bonchev–Trinajstić information content (AvgIpc) is 3.09. The Balaban J connectivity index is 1.89. The minimum absolute atomic E-state index is 0.406. The van der Waals surface area contributed by atoms with E-state index < -0.39 is 11.9 Å². The van der Waals surface area contributed by atoms with Crippen molar-refractivity contribution in [1.29, 1.82) is 0 Å². The highest BCUT2D eigenvalue weighted by Gasteiger charge is 2.21. The normalized spacial score (nSPS) is 12.5. The van der Waals surface area contributed by atoms with Crippen molar-refractivity contribution in [2.45, 2.75) is 33.3 Å². The zero-order chi connectivity index (χ0) is 17.4. The van der Waals surface area contributed by atoms with Gasteiger partial charge in [0, 0.05) is 23.6 Å². The molecule has 0 bridgehead atoms. The summed E-state index contributed by atoms with van der Waals surface area (Å²) in [6.07, 6.45) is 1.52. The molecule has 6 nitrogen and oxygen atoms in total. The van der Waals surface area contributed by atoms with Crippen LogP contribution in [0, 0.1) is 13.8 Å². The van der Waals surface area contributed by atoms with Gasteiger partial charge in [0.2, 0.25) is 0 Å². The van der Waals surface area contributed by atoms with Crippen molar-refractivity contribution < 1.29 is 19.1 Å². The summed E-state index contributed by atoms with van der Waals surface area (Å²) in [5.41, 5.74) is 4.12. The smallest absolute Gasteiger partial charge is 0.310 e. The number of aryl methyl sites for hydroxylation is 3. The highest BCUT2D eigenvalue weighted by Crippen LogP contribution is 2.34. The van der Waals surface area contributed by atoms with Gasteiger partial charge in [-0.2, -0.15) is 5.10 Å². The number of rotatable bonds is 5. The predicted octanol–water partition coefficient (Wildman–Crippen LogP) is 3.55. The van der Waals surface area contributed by atoms with Crippen molar-refractivity contribution in [1.82, 2.24) is 9.78 Å². The Morgan fingerprint density at radius 1 is 1.42 bits per heavy atom. The SMILES string of the molecule is Cc1cc(COc2ccc3c(C(C)C(=O)O)coc3c2C)n(C)n1. The molecule has 0 saturated carbocycles. The average molecular weight is 328 g/mol. The maximum absolute atomic E-state index is 11.2. The number of nitrogens with zero attached hydrogens (tertiary/aromatic N) is 2. The molecule has 0 fully saturated rings. The molecule has 2 heterocycles. The second-order valence-corrected chi connectivity index (χ2v) is 6.01. The molecule has 0 radical (unpaired) electrons. The van der Waals surface area contributed by atoms with E-state index >= 15 is 0 Å². The van der Waals surface area contributed by atoms with Gasteiger partial charge in [-0.1, -0.05) is 0 Å². The van der Waals surface area contributed by atoms with E-state index in [4.69, 9.17) is 9.15 Å². The van der Waals surface area contributed by atoms with Crippen molar-refractivity contribution in [3.05, 3.63) is 47.0 Å². The van der Waals surface area contributed by atoms with Crippen LogP contribution in [0.3, 0.4) is 0 Å². The third-order valence-electron chi connectivity index (χ3n) is 4.28. The summed E-state index contributed by atoms with van der Waals surface area (Å²) in [5.74, 6) is -0.776. The van der Waals surface area contributed by atoms with Crippen molar-refractivity contribution in [3.8, 4) is 5.75 Å². The summed E-state index contributed by atoms with van der Waals surface area (Å²) in [7, 11) is 1.88. The zero-order valence-corrected chi connectivity index (χ0v) is 14.2. The minimum Gasteiger partial charge on any atom is -0.487 e. The van der Waals surface area contributed by atoms with Crippen LogP contribution in [0.25, 0.3) is 11.0 Å². The lowest BCUT2D eigenvalue weighted by Crippen LogP contribution is -2.06. The number of hydrogen-bond acceptors (Lipinski definition) is 4. The second kappa shape index (κ2) is 6.03. The summed E-state index contributed by atoms with van der Waals surface area (Å²) >= 11 is 0. The molecule has 0 saturated heterocycles. The molecule has 1 unspecified atom stereocenters. The van der Waals surface area contributed by atoms with Crippen LogP contribution in [-0.4, -0.2) is 20.9 Å². The first-order valence-electron chi connectivity index (χ1n) is 7.74. The third-order valence-corrected chi connectivity index (χ3v) is 4.28. The number of ether oxygens (including phenoxy) is 1. The highest BCUT2D eigenvalue weighted by molar-refractivity contribution is 5.90. The van der Waals surface area contributed by atoms with Gasteiger partial charge >= 0.3 is 5.97 Å². The van der Waals surface area contributed by atoms with Crippen LogP contribution in [0.5, 0.6) is 5.75 Å². The van der Waals surface area contributed by atoms with E-state index in [2.05, 4.69) is 5.10 Å². The lowest BCUT2D eigenvalue weighted by atomic mass is 9.99. The Labute approximate surface area is 139 Å². The van der Waals surface area contributed by atoms with Gasteiger partial charge in [-0.15, -0.1) is 0 Å². The van der Waals surface area contributed by atoms with E-state index in [1.165, 1.54) is 6.26 Å². The quantitative estimate of drug-likeness (QED) is 0.775. The second-order valence-electron chi connectivity index (χ2n) is 6.01. The summed E-state index contributed by atoms with van der Waals surface area (Å²) < 4.78 is 13.3. The lowest BCUT2D eigenvalue weighted by molar-refractivity contribution is -0.138. The number of furan rings is 1. The topological polar surface area (TPSA) is 77.5 Å². The molecule has 1 aromatic carbocycles. The molecule has 24 heavy (non-hydrogen) atoms. The molecule has 0 aliphatic rings. The van der Waals surface area contributed by atoms with Crippen LogP contribution in [0.2, 0.25) is 0 Å². The van der Waals surface area contributed by atoms with E-state index in [0.717, 1.165) is 22.3 Å². The van der Waals surface area contributed by atoms with E-state index in [0.29, 0.717) is 23.5 Å². The van der Waals surface area contributed by atoms with Crippen molar-refractivity contribution >= 4 is 16.9 Å². The molecule has 0 spiro atoms. The predicted molar refractivity (Wildman–Crippen MR) is 89.3 cm³/mol. The van der Waals surface area contributed by atoms with Gasteiger partial charge in [0.1, 0.15) is 17.9 Å². The molecule has 0 amide bonds. The highest BCUT2D eigenvalue weighted by atomic mass is 16.5.